The quantitative estimate of drug-likeness (QED) is 0.812. The van der Waals surface area contributed by atoms with E-state index in [4.69, 9.17) is 4.74 Å². The van der Waals surface area contributed by atoms with Crippen LogP contribution in [0.5, 0.6) is 0 Å². The predicted molar refractivity (Wildman–Crippen MR) is 78.4 cm³/mol. The number of halogens is 1. The van der Waals surface area contributed by atoms with Crippen LogP contribution in [0, 0.1) is 3.57 Å². The van der Waals surface area contributed by atoms with Crippen molar-refractivity contribution in [1.82, 2.24) is 5.32 Å². The molecule has 0 saturated heterocycles. The van der Waals surface area contributed by atoms with Crippen LogP contribution in [0.2, 0.25) is 0 Å². The van der Waals surface area contributed by atoms with Gasteiger partial charge in [-0.15, -0.1) is 0 Å². The first-order valence-electron chi connectivity index (χ1n) is 5.67. The molecule has 0 bridgehead atoms. The second kappa shape index (κ2) is 6.38. The molecule has 4 nitrogen and oxygen atoms in total. The van der Waals surface area contributed by atoms with Crippen LogP contribution >= 0.6 is 22.6 Å². The molecule has 0 aliphatic rings. The summed E-state index contributed by atoms with van der Waals surface area (Å²) in [6, 6.07) is 7.15. The van der Waals surface area contributed by atoms with Gasteiger partial charge >= 0.3 is 6.09 Å². The van der Waals surface area contributed by atoms with Gasteiger partial charge in [-0.3, -0.25) is 0 Å². The third kappa shape index (κ3) is 5.22. The van der Waals surface area contributed by atoms with Gasteiger partial charge in [-0.25, -0.2) is 4.79 Å². The summed E-state index contributed by atoms with van der Waals surface area (Å²) in [5.74, 6) is 0. The van der Waals surface area contributed by atoms with E-state index in [1.807, 2.05) is 24.3 Å². The first-order chi connectivity index (χ1) is 8.31. The molecule has 1 amide bonds. The highest BCUT2D eigenvalue weighted by Gasteiger charge is 2.19. The molecule has 5 heteroatoms. The van der Waals surface area contributed by atoms with E-state index in [2.05, 4.69) is 27.9 Å². The number of hydrogen-bond donors (Lipinski definition) is 2. The molecule has 0 unspecified atom stereocenters. The first kappa shape index (κ1) is 15.2. The number of benzene rings is 1. The van der Waals surface area contributed by atoms with Crippen molar-refractivity contribution in [1.29, 1.82) is 0 Å². The molecule has 1 atom stereocenters. The van der Waals surface area contributed by atoms with E-state index in [9.17, 15) is 9.90 Å². The van der Waals surface area contributed by atoms with Crippen molar-refractivity contribution in [2.75, 3.05) is 6.61 Å². The van der Waals surface area contributed by atoms with Crippen molar-refractivity contribution >= 4 is 28.7 Å². The highest BCUT2D eigenvalue weighted by Crippen LogP contribution is 2.16. The SMILES string of the molecule is CC(C)(C)OC(=O)N[C@@H](CO)c1ccc(I)cc1. The number of carbonyl (C=O) groups excluding carboxylic acids is 1. The summed E-state index contributed by atoms with van der Waals surface area (Å²) in [5, 5.41) is 12.0. The summed E-state index contributed by atoms with van der Waals surface area (Å²) in [6.45, 7) is 5.22. The Bertz CT molecular complexity index is 398. The fraction of sp³-hybridized carbons (Fsp3) is 0.462. The fourth-order valence-corrected chi connectivity index (χ4v) is 1.74. The van der Waals surface area contributed by atoms with Crippen LogP contribution in [0.4, 0.5) is 4.79 Å². The lowest BCUT2D eigenvalue weighted by Crippen LogP contribution is -2.36. The van der Waals surface area contributed by atoms with Crippen molar-refractivity contribution in [3.63, 3.8) is 0 Å². The number of alkyl carbamates (subject to hydrolysis) is 1. The average Bonchev–Trinajstić information content (AvgIpc) is 2.25. The Kier molecular flexibility index (Phi) is 5.40. The summed E-state index contributed by atoms with van der Waals surface area (Å²) in [4.78, 5) is 11.6. The molecule has 1 rings (SSSR count). The maximum atomic E-state index is 11.6. The van der Waals surface area contributed by atoms with E-state index in [1.54, 1.807) is 20.8 Å². The maximum absolute atomic E-state index is 11.6. The van der Waals surface area contributed by atoms with Crippen LogP contribution in [-0.2, 0) is 4.74 Å². The van der Waals surface area contributed by atoms with Crippen LogP contribution in [0.3, 0.4) is 0 Å². The predicted octanol–water partition coefficient (Wildman–Crippen LogP) is 2.85. The number of nitrogens with one attached hydrogen (secondary N) is 1. The summed E-state index contributed by atoms with van der Waals surface area (Å²) >= 11 is 2.20. The molecule has 0 radical (unpaired) electrons. The van der Waals surface area contributed by atoms with Crippen LogP contribution in [0.25, 0.3) is 0 Å². The van der Waals surface area contributed by atoms with Gasteiger partial charge in [0.2, 0.25) is 0 Å². The topological polar surface area (TPSA) is 58.6 Å². The van der Waals surface area contributed by atoms with Gasteiger partial charge in [-0.1, -0.05) is 12.1 Å². The minimum Gasteiger partial charge on any atom is -0.444 e. The summed E-state index contributed by atoms with van der Waals surface area (Å²) in [7, 11) is 0. The minimum atomic E-state index is -0.545. The van der Waals surface area contributed by atoms with E-state index in [-0.39, 0.29) is 6.61 Å². The number of amides is 1. The highest BCUT2D eigenvalue weighted by molar-refractivity contribution is 14.1. The largest absolute Gasteiger partial charge is 0.444 e. The van der Waals surface area contributed by atoms with Gasteiger partial charge in [0.25, 0.3) is 0 Å². The van der Waals surface area contributed by atoms with Crippen LogP contribution < -0.4 is 5.32 Å². The molecule has 0 heterocycles. The van der Waals surface area contributed by atoms with Gasteiger partial charge in [0.1, 0.15) is 5.60 Å². The maximum Gasteiger partial charge on any atom is 0.408 e. The van der Waals surface area contributed by atoms with Crippen molar-refractivity contribution in [3.8, 4) is 0 Å². The summed E-state index contributed by atoms with van der Waals surface area (Å²) in [6.07, 6.45) is -0.528. The molecule has 0 aliphatic heterocycles. The molecule has 0 aromatic heterocycles. The van der Waals surface area contributed by atoms with Gasteiger partial charge in [0.05, 0.1) is 12.6 Å². The van der Waals surface area contributed by atoms with Crippen LogP contribution in [-0.4, -0.2) is 23.4 Å². The van der Waals surface area contributed by atoms with E-state index >= 15 is 0 Å². The van der Waals surface area contributed by atoms with E-state index in [0.29, 0.717) is 0 Å². The van der Waals surface area contributed by atoms with Crippen LogP contribution in [0.15, 0.2) is 24.3 Å². The molecule has 0 aliphatic carbocycles. The normalized spacial score (nSPS) is 12.9. The molecule has 18 heavy (non-hydrogen) atoms. The Morgan fingerprint density at radius 1 is 1.39 bits per heavy atom. The highest BCUT2D eigenvalue weighted by atomic mass is 127. The Balaban J connectivity index is 2.68. The van der Waals surface area contributed by atoms with Gasteiger partial charge < -0.3 is 15.2 Å². The third-order valence-electron chi connectivity index (χ3n) is 2.15. The summed E-state index contributed by atoms with van der Waals surface area (Å²) in [5.41, 5.74) is 0.305. The monoisotopic (exact) mass is 363 g/mol. The minimum absolute atomic E-state index is 0.167. The molecule has 0 spiro atoms. The number of rotatable bonds is 3. The zero-order chi connectivity index (χ0) is 13.8. The van der Waals surface area contributed by atoms with E-state index < -0.39 is 17.7 Å². The van der Waals surface area contributed by atoms with Crippen molar-refractivity contribution in [2.24, 2.45) is 0 Å². The molecule has 2 N–H and O–H groups in total. The van der Waals surface area contributed by atoms with Crippen LogP contribution in [0.1, 0.15) is 32.4 Å². The number of aliphatic hydroxyl groups is 1. The zero-order valence-corrected chi connectivity index (χ0v) is 12.9. The van der Waals surface area contributed by atoms with Gasteiger partial charge in [-0.2, -0.15) is 0 Å². The Morgan fingerprint density at radius 2 is 1.94 bits per heavy atom. The Hall–Kier alpha value is -0.820. The number of hydrogen-bond acceptors (Lipinski definition) is 3. The van der Waals surface area contributed by atoms with E-state index in [0.717, 1.165) is 9.13 Å². The molecular weight excluding hydrogens is 345 g/mol. The lowest BCUT2D eigenvalue weighted by molar-refractivity contribution is 0.0482. The fourth-order valence-electron chi connectivity index (χ4n) is 1.38. The standard InChI is InChI=1S/C13H18INO3/c1-13(2,3)18-12(17)15-11(8-16)9-4-6-10(14)7-5-9/h4-7,11,16H,8H2,1-3H3,(H,15,17)/t11-/m0/s1. The third-order valence-corrected chi connectivity index (χ3v) is 2.87. The number of ether oxygens (including phenoxy) is 1. The Morgan fingerprint density at radius 3 is 2.39 bits per heavy atom. The molecule has 100 valence electrons. The Labute approximate surface area is 121 Å². The van der Waals surface area contributed by atoms with Crippen molar-refractivity contribution < 1.29 is 14.6 Å². The van der Waals surface area contributed by atoms with E-state index in [1.165, 1.54) is 0 Å². The van der Waals surface area contributed by atoms with Gasteiger partial charge in [0.15, 0.2) is 0 Å². The number of aliphatic hydroxyl groups excluding tert-OH is 1. The number of carbonyl (C=O) groups is 1. The molecule has 1 aromatic rings. The summed E-state index contributed by atoms with van der Waals surface area (Å²) < 4.78 is 6.25. The molecule has 1 aromatic carbocycles. The smallest absolute Gasteiger partial charge is 0.408 e. The van der Waals surface area contributed by atoms with Crippen molar-refractivity contribution in [3.05, 3.63) is 33.4 Å². The molecule has 0 fully saturated rings. The second-order valence-electron chi connectivity index (χ2n) is 4.93. The second-order valence-corrected chi connectivity index (χ2v) is 6.18. The average molecular weight is 363 g/mol. The zero-order valence-electron chi connectivity index (χ0n) is 10.7. The molecular formula is C13H18INO3. The molecule has 0 saturated carbocycles. The van der Waals surface area contributed by atoms with Crippen molar-refractivity contribution in [2.45, 2.75) is 32.4 Å². The lowest BCUT2D eigenvalue weighted by atomic mass is 10.1. The first-order valence-corrected chi connectivity index (χ1v) is 6.75. The van der Waals surface area contributed by atoms with Gasteiger partial charge in [-0.05, 0) is 61.1 Å². The van der Waals surface area contributed by atoms with Gasteiger partial charge in [0, 0.05) is 3.57 Å². The lowest BCUT2D eigenvalue weighted by Gasteiger charge is -2.23.